The normalized spacial score (nSPS) is 19.3. The number of nitrogens with one attached hydrogen (secondary N) is 2. The average Bonchev–Trinajstić information content (AvgIpc) is 2.91. The minimum Gasteiger partial charge on any atom is -0.497 e. The Morgan fingerprint density at radius 2 is 1.82 bits per heavy atom. The molecule has 28 heavy (non-hydrogen) atoms. The Morgan fingerprint density at radius 3 is 2.46 bits per heavy atom. The molecule has 0 aromatic heterocycles. The topological polar surface area (TPSA) is 97.0 Å². The largest absolute Gasteiger partial charge is 0.497 e. The number of nitrogens with zero attached hydrogens (tertiary/aromatic N) is 1. The van der Waals surface area contributed by atoms with Crippen LogP contribution in [0.1, 0.15) is 39.0 Å². The van der Waals surface area contributed by atoms with Gasteiger partial charge in [-0.05, 0) is 44.0 Å². The van der Waals surface area contributed by atoms with Gasteiger partial charge in [0.2, 0.25) is 5.91 Å². The summed E-state index contributed by atoms with van der Waals surface area (Å²) < 4.78 is 10.7. The van der Waals surface area contributed by atoms with Gasteiger partial charge in [-0.2, -0.15) is 0 Å². The fraction of sp³-hybridized carbons (Fsp3) is 0.550. The minimum absolute atomic E-state index is 0.266. The SMILES string of the molecule is COc1ccc(OCC(C)NC(=O)CN2C(=O)NC3(CCCCC3)C2=O)cc1. The van der Waals surface area contributed by atoms with Gasteiger partial charge in [0.15, 0.2) is 0 Å². The van der Waals surface area contributed by atoms with Gasteiger partial charge in [-0.1, -0.05) is 19.3 Å². The van der Waals surface area contributed by atoms with Gasteiger partial charge in [0.25, 0.3) is 5.91 Å². The highest BCUT2D eigenvalue weighted by Gasteiger charge is 2.51. The Balaban J connectivity index is 1.47. The van der Waals surface area contributed by atoms with Crippen LogP contribution in [0.15, 0.2) is 24.3 Å². The summed E-state index contributed by atoms with van der Waals surface area (Å²) in [6, 6.07) is 6.38. The lowest BCUT2D eigenvalue weighted by Gasteiger charge is -2.30. The van der Waals surface area contributed by atoms with Crippen molar-refractivity contribution < 1.29 is 23.9 Å². The Kier molecular flexibility index (Phi) is 6.06. The molecule has 1 aliphatic carbocycles. The van der Waals surface area contributed by atoms with E-state index in [0.717, 1.165) is 29.9 Å². The van der Waals surface area contributed by atoms with Crippen LogP contribution in [-0.2, 0) is 9.59 Å². The molecule has 8 heteroatoms. The van der Waals surface area contributed by atoms with Crippen molar-refractivity contribution in [2.24, 2.45) is 0 Å². The van der Waals surface area contributed by atoms with Gasteiger partial charge >= 0.3 is 6.03 Å². The fourth-order valence-corrected chi connectivity index (χ4v) is 3.71. The molecule has 2 fully saturated rings. The molecule has 0 bridgehead atoms. The molecule has 4 amide bonds. The average molecular weight is 389 g/mol. The van der Waals surface area contributed by atoms with Gasteiger partial charge < -0.3 is 20.1 Å². The predicted molar refractivity (Wildman–Crippen MR) is 102 cm³/mol. The van der Waals surface area contributed by atoms with Crippen molar-refractivity contribution in [2.45, 2.75) is 50.6 Å². The first-order valence-corrected chi connectivity index (χ1v) is 9.64. The lowest BCUT2D eigenvalue weighted by Crippen LogP contribution is -2.49. The molecule has 2 N–H and O–H groups in total. The second-order valence-corrected chi connectivity index (χ2v) is 7.42. The summed E-state index contributed by atoms with van der Waals surface area (Å²) in [5, 5.41) is 5.58. The lowest BCUT2D eigenvalue weighted by atomic mass is 9.82. The van der Waals surface area contributed by atoms with E-state index in [1.165, 1.54) is 0 Å². The summed E-state index contributed by atoms with van der Waals surface area (Å²) in [7, 11) is 1.59. The number of imide groups is 1. The molecule has 1 spiro atoms. The van der Waals surface area contributed by atoms with E-state index in [1.807, 2.05) is 0 Å². The number of amides is 4. The van der Waals surface area contributed by atoms with Crippen LogP contribution in [0.3, 0.4) is 0 Å². The van der Waals surface area contributed by atoms with Crippen molar-refractivity contribution in [3.05, 3.63) is 24.3 Å². The summed E-state index contributed by atoms with van der Waals surface area (Å²) in [4.78, 5) is 38.3. The molecule has 1 aromatic rings. The van der Waals surface area contributed by atoms with Gasteiger partial charge in [-0.15, -0.1) is 0 Å². The van der Waals surface area contributed by atoms with Gasteiger partial charge in [0.05, 0.1) is 13.2 Å². The van der Waals surface area contributed by atoms with Crippen molar-refractivity contribution in [1.82, 2.24) is 15.5 Å². The molecular formula is C20H27N3O5. The van der Waals surface area contributed by atoms with Crippen LogP contribution in [0.4, 0.5) is 4.79 Å². The zero-order valence-corrected chi connectivity index (χ0v) is 16.3. The number of hydrogen-bond donors (Lipinski definition) is 2. The number of rotatable bonds is 7. The highest BCUT2D eigenvalue weighted by molar-refractivity contribution is 6.09. The van der Waals surface area contributed by atoms with E-state index in [2.05, 4.69) is 10.6 Å². The first-order chi connectivity index (χ1) is 13.4. The molecule has 1 saturated heterocycles. The molecule has 1 aromatic carbocycles. The number of carbonyl (C=O) groups excluding carboxylic acids is 3. The fourth-order valence-electron chi connectivity index (χ4n) is 3.71. The molecule has 2 aliphatic rings. The zero-order chi connectivity index (χ0) is 20.1. The third-order valence-electron chi connectivity index (χ3n) is 5.22. The Morgan fingerprint density at radius 1 is 1.18 bits per heavy atom. The van der Waals surface area contributed by atoms with Crippen LogP contribution < -0.4 is 20.1 Å². The second-order valence-electron chi connectivity index (χ2n) is 7.42. The Hall–Kier alpha value is -2.77. The third kappa shape index (κ3) is 4.37. The molecule has 1 atom stereocenters. The summed E-state index contributed by atoms with van der Waals surface area (Å²) in [5.74, 6) is 0.727. The van der Waals surface area contributed by atoms with Crippen LogP contribution in [-0.4, -0.2) is 54.6 Å². The van der Waals surface area contributed by atoms with Gasteiger partial charge in [0.1, 0.15) is 30.2 Å². The summed E-state index contributed by atoms with van der Waals surface area (Å²) in [6.45, 7) is 1.79. The maximum atomic E-state index is 12.7. The van der Waals surface area contributed by atoms with Gasteiger partial charge in [-0.25, -0.2) is 4.79 Å². The molecule has 1 saturated carbocycles. The Bertz CT molecular complexity index is 728. The standard InChI is InChI=1S/C20H27N3O5/c1-14(13-28-16-8-6-15(27-2)7-9-16)21-17(24)12-23-18(25)20(22-19(23)26)10-4-3-5-11-20/h6-9,14H,3-5,10-13H2,1-2H3,(H,21,24)(H,22,26). The second kappa shape index (κ2) is 8.50. The highest BCUT2D eigenvalue weighted by Crippen LogP contribution is 2.33. The quantitative estimate of drug-likeness (QED) is 0.694. The number of ether oxygens (including phenoxy) is 2. The molecule has 1 aliphatic heterocycles. The van der Waals surface area contributed by atoms with Crippen molar-refractivity contribution in [1.29, 1.82) is 0 Å². The number of urea groups is 1. The summed E-state index contributed by atoms with van der Waals surface area (Å²) >= 11 is 0. The van der Waals surface area contributed by atoms with E-state index in [-0.39, 0.29) is 31.0 Å². The minimum atomic E-state index is -0.807. The van der Waals surface area contributed by atoms with E-state index < -0.39 is 11.6 Å². The van der Waals surface area contributed by atoms with Crippen LogP contribution in [0.2, 0.25) is 0 Å². The van der Waals surface area contributed by atoms with Crippen LogP contribution >= 0.6 is 0 Å². The lowest BCUT2D eigenvalue weighted by molar-refractivity contribution is -0.136. The predicted octanol–water partition coefficient (Wildman–Crippen LogP) is 1.83. The van der Waals surface area contributed by atoms with Crippen LogP contribution in [0.25, 0.3) is 0 Å². The summed E-state index contributed by atoms with van der Waals surface area (Å²) in [5.41, 5.74) is -0.807. The maximum Gasteiger partial charge on any atom is 0.325 e. The summed E-state index contributed by atoms with van der Waals surface area (Å²) in [6.07, 6.45) is 4.16. The number of hydrogen-bond acceptors (Lipinski definition) is 5. The zero-order valence-electron chi connectivity index (χ0n) is 16.3. The van der Waals surface area contributed by atoms with E-state index >= 15 is 0 Å². The molecule has 0 radical (unpaired) electrons. The Labute approximate surface area is 164 Å². The van der Waals surface area contributed by atoms with E-state index in [4.69, 9.17) is 9.47 Å². The van der Waals surface area contributed by atoms with Gasteiger partial charge in [-0.3, -0.25) is 14.5 Å². The first kappa shape index (κ1) is 20.0. The molecule has 8 nitrogen and oxygen atoms in total. The highest BCUT2D eigenvalue weighted by atomic mass is 16.5. The van der Waals surface area contributed by atoms with Crippen LogP contribution in [0, 0.1) is 0 Å². The van der Waals surface area contributed by atoms with Crippen molar-refractivity contribution in [3.8, 4) is 11.5 Å². The van der Waals surface area contributed by atoms with Crippen molar-refractivity contribution >= 4 is 17.8 Å². The van der Waals surface area contributed by atoms with E-state index in [9.17, 15) is 14.4 Å². The smallest absolute Gasteiger partial charge is 0.325 e. The molecule has 1 unspecified atom stereocenters. The molecule has 152 valence electrons. The molecule has 1 heterocycles. The number of benzene rings is 1. The number of carbonyl (C=O) groups is 3. The third-order valence-corrected chi connectivity index (χ3v) is 5.22. The van der Waals surface area contributed by atoms with E-state index in [0.29, 0.717) is 18.6 Å². The van der Waals surface area contributed by atoms with Crippen molar-refractivity contribution in [2.75, 3.05) is 20.3 Å². The molecule has 3 rings (SSSR count). The van der Waals surface area contributed by atoms with Crippen molar-refractivity contribution in [3.63, 3.8) is 0 Å². The monoisotopic (exact) mass is 389 g/mol. The maximum absolute atomic E-state index is 12.7. The first-order valence-electron chi connectivity index (χ1n) is 9.64. The number of methoxy groups -OCH3 is 1. The van der Waals surface area contributed by atoms with E-state index in [1.54, 1.807) is 38.3 Å². The molecular weight excluding hydrogens is 362 g/mol. The van der Waals surface area contributed by atoms with Crippen LogP contribution in [0.5, 0.6) is 11.5 Å². The van der Waals surface area contributed by atoms with Gasteiger partial charge in [0, 0.05) is 0 Å².